The van der Waals surface area contributed by atoms with E-state index in [4.69, 9.17) is 4.52 Å². The first-order valence-corrected chi connectivity index (χ1v) is 11.1. The molecule has 0 spiro atoms. The summed E-state index contributed by atoms with van der Waals surface area (Å²) in [5, 5.41) is 4.00. The van der Waals surface area contributed by atoms with Crippen molar-refractivity contribution in [1.82, 2.24) is 15.0 Å². The van der Waals surface area contributed by atoms with E-state index in [1.165, 1.54) is 11.9 Å². The molecule has 0 radical (unpaired) electrons. The van der Waals surface area contributed by atoms with Gasteiger partial charge in [0.2, 0.25) is 21.7 Å². The molecular formula is C21H24N4O4S. The molecule has 0 saturated carbocycles. The number of aryl methyl sites for hydroxylation is 1. The molecule has 3 aromatic rings. The number of anilines is 1. The van der Waals surface area contributed by atoms with Crippen LogP contribution in [0.4, 0.5) is 5.69 Å². The summed E-state index contributed by atoms with van der Waals surface area (Å²) in [5.41, 5.74) is 3.36. The fraction of sp³-hybridized carbons (Fsp3) is 0.286. The highest BCUT2D eigenvalue weighted by Crippen LogP contribution is 2.25. The summed E-state index contributed by atoms with van der Waals surface area (Å²) in [6, 6.07) is 12.7. The lowest BCUT2D eigenvalue weighted by Gasteiger charge is -2.22. The van der Waals surface area contributed by atoms with Gasteiger partial charge in [-0.05, 0) is 37.6 Å². The van der Waals surface area contributed by atoms with Crippen molar-refractivity contribution in [2.24, 2.45) is 0 Å². The maximum absolute atomic E-state index is 13.0. The molecule has 1 heterocycles. The van der Waals surface area contributed by atoms with Gasteiger partial charge in [0, 0.05) is 25.2 Å². The average Bonchev–Trinajstić information content (AvgIpc) is 3.15. The molecule has 1 aromatic heterocycles. The summed E-state index contributed by atoms with van der Waals surface area (Å²) < 4.78 is 30.2. The smallest absolute Gasteiger partial charge is 0.254 e. The maximum atomic E-state index is 13.0. The molecule has 0 unspecified atom stereocenters. The first-order valence-electron chi connectivity index (χ1n) is 9.26. The second-order valence-electron chi connectivity index (χ2n) is 7.22. The van der Waals surface area contributed by atoms with Gasteiger partial charge in [0.25, 0.3) is 5.91 Å². The SMILES string of the molecule is Cc1cccc(-c2noc(CN(C)C(=O)c3cccc(N(C)S(C)(=O)=O)c3C)n2)c1. The Balaban J connectivity index is 1.80. The van der Waals surface area contributed by atoms with E-state index in [-0.39, 0.29) is 12.5 Å². The summed E-state index contributed by atoms with van der Waals surface area (Å²) >= 11 is 0. The molecule has 2 aromatic carbocycles. The number of hydrogen-bond donors (Lipinski definition) is 0. The predicted molar refractivity (Wildman–Crippen MR) is 115 cm³/mol. The van der Waals surface area contributed by atoms with E-state index in [9.17, 15) is 13.2 Å². The van der Waals surface area contributed by atoms with Crippen LogP contribution in [0.3, 0.4) is 0 Å². The molecule has 0 saturated heterocycles. The van der Waals surface area contributed by atoms with Gasteiger partial charge >= 0.3 is 0 Å². The maximum Gasteiger partial charge on any atom is 0.254 e. The zero-order valence-electron chi connectivity index (χ0n) is 17.6. The number of carbonyl (C=O) groups is 1. The molecule has 1 amide bonds. The Morgan fingerprint density at radius 3 is 2.47 bits per heavy atom. The number of benzene rings is 2. The number of hydrogen-bond acceptors (Lipinski definition) is 6. The van der Waals surface area contributed by atoms with Gasteiger partial charge in [-0.25, -0.2) is 8.42 Å². The Kier molecular flexibility index (Phi) is 5.93. The van der Waals surface area contributed by atoms with Crippen molar-refractivity contribution in [3.8, 4) is 11.4 Å². The third-order valence-corrected chi connectivity index (χ3v) is 6.03. The molecule has 0 N–H and O–H groups in total. The molecule has 30 heavy (non-hydrogen) atoms. The molecule has 0 aliphatic carbocycles. The lowest BCUT2D eigenvalue weighted by molar-refractivity contribution is 0.0769. The Morgan fingerprint density at radius 2 is 1.80 bits per heavy atom. The Morgan fingerprint density at radius 1 is 1.10 bits per heavy atom. The second kappa shape index (κ2) is 8.27. The van der Waals surface area contributed by atoms with Gasteiger partial charge in [0.15, 0.2) is 0 Å². The van der Waals surface area contributed by atoms with Gasteiger partial charge < -0.3 is 9.42 Å². The van der Waals surface area contributed by atoms with Crippen LogP contribution in [0.15, 0.2) is 47.0 Å². The Labute approximate surface area is 176 Å². The molecule has 0 bridgehead atoms. The van der Waals surface area contributed by atoms with E-state index < -0.39 is 10.0 Å². The van der Waals surface area contributed by atoms with Crippen molar-refractivity contribution >= 4 is 21.6 Å². The standard InChI is InChI=1S/C21H24N4O4S/c1-14-8-6-9-16(12-14)20-22-19(29-23-20)13-24(3)21(26)17-10-7-11-18(15(17)2)25(4)30(5,27)28/h6-12H,13H2,1-5H3. The van der Waals surface area contributed by atoms with Gasteiger partial charge in [0.05, 0.1) is 18.5 Å². The van der Waals surface area contributed by atoms with Crippen LogP contribution in [0.1, 0.15) is 27.4 Å². The Bertz CT molecular complexity index is 1190. The van der Waals surface area contributed by atoms with Crippen LogP contribution < -0.4 is 4.31 Å². The number of amides is 1. The van der Waals surface area contributed by atoms with Crippen molar-refractivity contribution in [1.29, 1.82) is 0 Å². The minimum absolute atomic E-state index is 0.128. The summed E-state index contributed by atoms with van der Waals surface area (Å²) in [6.45, 7) is 3.83. The van der Waals surface area contributed by atoms with E-state index in [0.717, 1.165) is 21.7 Å². The monoisotopic (exact) mass is 428 g/mol. The van der Waals surface area contributed by atoms with Gasteiger partial charge in [0.1, 0.15) is 0 Å². The molecule has 9 heteroatoms. The zero-order chi connectivity index (χ0) is 22.1. The molecule has 158 valence electrons. The number of nitrogens with zero attached hydrogens (tertiary/aromatic N) is 4. The quantitative estimate of drug-likeness (QED) is 0.599. The van der Waals surface area contributed by atoms with Gasteiger partial charge in [-0.15, -0.1) is 0 Å². The molecule has 0 aliphatic heterocycles. The number of aromatic nitrogens is 2. The largest absolute Gasteiger partial charge is 0.337 e. The van der Waals surface area contributed by atoms with Crippen LogP contribution in [0.2, 0.25) is 0 Å². The molecule has 8 nitrogen and oxygen atoms in total. The Hall–Kier alpha value is -3.20. The van der Waals surface area contributed by atoms with Gasteiger partial charge in [-0.2, -0.15) is 4.98 Å². The summed E-state index contributed by atoms with van der Waals surface area (Å²) in [6.07, 6.45) is 1.12. The van der Waals surface area contributed by atoms with Crippen molar-refractivity contribution in [3.63, 3.8) is 0 Å². The third kappa shape index (κ3) is 4.51. The van der Waals surface area contributed by atoms with Crippen LogP contribution in [-0.4, -0.2) is 49.7 Å². The first-order chi connectivity index (χ1) is 14.1. The third-order valence-electron chi connectivity index (χ3n) is 4.84. The van der Waals surface area contributed by atoms with Crippen molar-refractivity contribution in [3.05, 3.63) is 65.0 Å². The van der Waals surface area contributed by atoms with E-state index in [2.05, 4.69) is 10.1 Å². The highest BCUT2D eigenvalue weighted by atomic mass is 32.2. The lowest BCUT2D eigenvalue weighted by Crippen LogP contribution is -2.29. The number of carbonyl (C=O) groups excluding carboxylic acids is 1. The molecule has 3 rings (SSSR count). The van der Waals surface area contributed by atoms with Crippen LogP contribution in [0.25, 0.3) is 11.4 Å². The summed E-state index contributed by atoms with van der Waals surface area (Å²) in [7, 11) is -0.352. The van der Waals surface area contributed by atoms with Crippen LogP contribution >= 0.6 is 0 Å². The molecule has 0 atom stereocenters. The van der Waals surface area contributed by atoms with Crippen LogP contribution in [0, 0.1) is 13.8 Å². The minimum atomic E-state index is -3.44. The molecular weight excluding hydrogens is 404 g/mol. The van der Waals surface area contributed by atoms with Gasteiger partial charge in [-0.3, -0.25) is 9.10 Å². The van der Waals surface area contributed by atoms with E-state index in [0.29, 0.717) is 28.5 Å². The zero-order valence-corrected chi connectivity index (χ0v) is 18.4. The van der Waals surface area contributed by atoms with Crippen LogP contribution in [0.5, 0.6) is 0 Å². The number of rotatable bonds is 6. The average molecular weight is 429 g/mol. The normalized spacial score (nSPS) is 11.4. The minimum Gasteiger partial charge on any atom is -0.337 e. The highest BCUT2D eigenvalue weighted by Gasteiger charge is 2.22. The van der Waals surface area contributed by atoms with Crippen molar-refractivity contribution in [2.45, 2.75) is 20.4 Å². The van der Waals surface area contributed by atoms with Crippen molar-refractivity contribution < 1.29 is 17.7 Å². The van der Waals surface area contributed by atoms with Crippen LogP contribution in [-0.2, 0) is 16.6 Å². The second-order valence-corrected chi connectivity index (χ2v) is 9.24. The highest BCUT2D eigenvalue weighted by molar-refractivity contribution is 7.92. The fourth-order valence-electron chi connectivity index (χ4n) is 3.08. The first kappa shape index (κ1) is 21.5. The summed E-state index contributed by atoms with van der Waals surface area (Å²) in [4.78, 5) is 18.8. The topological polar surface area (TPSA) is 96.6 Å². The molecule has 0 fully saturated rings. The van der Waals surface area contributed by atoms with Crippen molar-refractivity contribution in [2.75, 3.05) is 24.7 Å². The lowest BCUT2D eigenvalue weighted by atomic mass is 10.1. The van der Waals surface area contributed by atoms with Gasteiger partial charge in [-0.1, -0.05) is 35.0 Å². The molecule has 0 aliphatic rings. The fourth-order valence-corrected chi connectivity index (χ4v) is 3.63. The summed E-state index contributed by atoms with van der Waals surface area (Å²) in [5.74, 6) is 0.499. The van der Waals surface area contributed by atoms with E-state index in [1.54, 1.807) is 32.2 Å². The van der Waals surface area contributed by atoms with E-state index in [1.807, 2.05) is 31.2 Å². The number of sulfonamides is 1. The predicted octanol–water partition coefficient (Wildman–Crippen LogP) is 3.02. The van der Waals surface area contributed by atoms with E-state index >= 15 is 0 Å².